The van der Waals surface area contributed by atoms with E-state index in [0.29, 0.717) is 11.3 Å². The van der Waals surface area contributed by atoms with Crippen LogP contribution in [0.25, 0.3) is 0 Å². The van der Waals surface area contributed by atoms with E-state index in [1.807, 2.05) is 18.8 Å². The highest BCUT2D eigenvalue weighted by Gasteiger charge is 2.31. The number of hydrogen-bond acceptors (Lipinski definition) is 5. The molecule has 1 saturated heterocycles. The summed E-state index contributed by atoms with van der Waals surface area (Å²) in [6, 6.07) is 0.511. The Bertz CT molecular complexity index is 385. The Morgan fingerprint density at radius 3 is 2.94 bits per heavy atom. The molecule has 1 aliphatic carbocycles. The first kappa shape index (κ1) is 12.5. The molecule has 1 aromatic rings. The lowest BCUT2D eigenvalue weighted by molar-refractivity contribution is 0.348. The van der Waals surface area contributed by atoms with E-state index >= 15 is 0 Å². The summed E-state index contributed by atoms with van der Waals surface area (Å²) in [4.78, 5) is 4.59. The van der Waals surface area contributed by atoms with Gasteiger partial charge in [-0.1, -0.05) is 11.6 Å². The van der Waals surface area contributed by atoms with Crippen molar-refractivity contribution in [1.29, 1.82) is 0 Å². The number of rotatable bonds is 5. The first-order valence-electron chi connectivity index (χ1n) is 6.98. The van der Waals surface area contributed by atoms with E-state index in [0.717, 1.165) is 24.1 Å². The third-order valence-corrected chi connectivity index (χ3v) is 5.28. The number of nitrogens with zero attached hydrogens (tertiary/aromatic N) is 2. The maximum Gasteiger partial charge on any atom is 0.228 e. The van der Waals surface area contributed by atoms with Crippen LogP contribution in [-0.4, -0.2) is 29.0 Å². The van der Waals surface area contributed by atoms with Crippen LogP contribution >= 0.6 is 11.8 Å². The van der Waals surface area contributed by atoms with Crippen LogP contribution in [0.5, 0.6) is 0 Å². The van der Waals surface area contributed by atoms with Gasteiger partial charge >= 0.3 is 0 Å². The molecule has 0 bridgehead atoms. The van der Waals surface area contributed by atoms with E-state index in [9.17, 15) is 0 Å². The highest BCUT2D eigenvalue weighted by molar-refractivity contribution is 7.99. The predicted molar refractivity (Wildman–Crippen MR) is 72.6 cm³/mol. The van der Waals surface area contributed by atoms with E-state index in [1.165, 1.54) is 37.9 Å². The molecule has 2 atom stereocenters. The minimum absolute atomic E-state index is 0.463. The molecule has 4 nitrogen and oxygen atoms in total. The molecule has 1 saturated carbocycles. The zero-order valence-electron chi connectivity index (χ0n) is 10.9. The first-order chi connectivity index (χ1) is 8.86. The second-order valence-electron chi connectivity index (χ2n) is 5.34. The summed E-state index contributed by atoms with van der Waals surface area (Å²) in [5.41, 5.74) is 0. The zero-order chi connectivity index (χ0) is 12.4. The van der Waals surface area contributed by atoms with Gasteiger partial charge in [-0.3, -0.25) is 0 Å². The molecule has 2 unspecified atom stereocenters. The summed E-state index contributed by atoms with van der Waals surface area (Å²) >= 11 is 1.97. The Hall–Kier alpha value is -0.550. The molecule has 2 aliphatic rings. The second kappa shape index (κ2) is 5.61. The molecule has 18 heavy (non-hydrogen) atoms. The number of hydrogen-bond donors (Lipinski definition) is 1. The van der Waals surface area contributed by atoms with E-state index in [4.69, 9.17) is 4.52 Å². The molecule has 1 aliphatic heterocycles. The van der Waals surface area contributed by atoms with Crippen LogP contribution in [0.1, 0.15) is 49.1 Å². The summed E-state index contributed by atoms with van der Waals surface area (Å²) in [6.45, 7) is 0. The van der Waals surface area contributed by atoms with Gasteiger partial charge in [-0.05, 0) is 44.4 Å². The molecule has 1 aromatic heterocycles. The Morgan fingerprint density at radius 1 is 1.39 bits per heavy atom. The quantitative estimate of drug-likeness (QED) is 0.888. The first-order valence-corrected chi connectivity index (χ1v) is 8.03. The van der Waals surface area contributed by atoms with E-state index in [-0.39, 0.29) is 0 Å². The Labute approximate surface area is 112 Å². The second-order valence-corrected chi connectivity index (χ2v) is 6.65. The van der Waals surface area contributed by atoms with Crippen molar-refractivity contribution in [3.8, 4) is 0 Å². The third-order valence-electron chi connectivity index (χ3n) is 3.91. The standard InChI is InChI=1S/C13H21N3OS/c1-14-10(9-5-6-9)8-12-15-13(16-17-12)11-4-2-3-7-18-11/h9-11,14H,2-8H2,1H3. The van der Waals surface area contributed by atoms with Crippen LogP contribution in [0.3, 0.4) is 0 Å². The van der Waals surface area contributed by atoms with Crippen molar-refractivity contribution in [2.75, 3.05) is 12.8 Å². The van der Waals surface area contributed by atoms with Crippen LogP contribution in [0.15, 0.2) is 4.52 Å². The van der Waals surface area contributed by atoms with Gasteiger partial charge in [0, 0.05) is 12.5 Å². The molecular formula is C13H21N3OS. The fraction of sp³-hybridized carbons (Fsp3) is 0.846. The van der Waals surface area contributed by atoms with Gasteiger partial charge in [0.05, 0.1) is 5.25 Å². The van der Waals surface area contributed by atoms with Crippen molar-refractivity contribution in [2.45, 2.75) is 49.8 Å². The lowest BCUT2D eigenvalue weighted by Crippen LogP contribution is -2.29. The minimum atomic E-state index is 0.463. The summed E-state index contributed by atoms with van der Waals surface area (Å²) in [7, 11) is 2.03. The lowest BCUT2D eigenvalue weighted by atomic mass is 10.1. The van der Waals surface area contributed by atoms with E-state index < -0.39 is 0 Å². The van der Waals surface area contributed by atoms with Crippen LogP contribution in [0, 0.1) is 5.92 Å². The van der Waals surface area contributed by atoms with Gasteiger partial charge in [0.15, 0.2) is 5.82 Å². The molecular weight excluding hydrogens is 246 g/mol. The summed E-state index contributed by atoms with van der Waals surface area (Å²) < 4.78 is 5.41. The monoisotopic (exact) mass is 267 g/mol. The van der Waals surface area contributed by atoms with Crippen LogP contribution < -0.4 is 5.32 Å². The van der Waals surface area contributed by atoms with Crippen molar-refractivity contribution >= 4 is 11.8 Å². The number of likely N-dealkylation sites (N-methyl/N-ethyl adjacent to an activating group) is 1. The van der Waals surface area contributed by atoms with Gasteiger partial charge in [-0.15, -0.1) is 0 Å². The molecule has 5 heteroatoms. The molecule has 100 valence electrons. The molecule has 0 aromatic carbocycles. The van der Waals surface area contributed by atoms with Crippen molar-refractivity contribution in [3.05, 3.63) is 11.7 Å². The summed E-state index contributed by atoms with van der Waals surface area (Å²) in [5.74, 6) is 3.77. The van der Waals surface area contributed by atoms with Crippen molar-refractivity contribution in [1.82, 2.24) is 15.5 Å². The average molecular weight is 267 g/mol. The Morgan fingerprint density at radius 2 is 2.28 bits per heavy atom. The Kier molecular flexibility index (Phi) is 3.89. The molecule has 0 amide bonds. The molecule has 1 N–H and O–H groups in total. The molecule has 0 spiro atoms. The highest BCUT2D eigenvalue weighted by Crippen LogP contribution is 2.37. The molecule has 2 fully saturated rings. The number of thioether (sulfide) groups is 1. The SMILES string of the molecule is CNC(Cc1nc(C2CCCCS2)no1)C1CC1. The van der Waals surface area contributed by atoms with Crippen LogP contribution in [0.2, 0.25) is 0 Å². The van der Waals surface area contributed by atoms with Crippen LogP contribution in [0.4, 0.5) is 0 Å². The zero-order valence-corrected chi connectivity index (χ0v) is 11.7. The minimum Gasteiger partial charge on any atom is -0.339 e. The van der Waals surface area contributed by atoms with E-state index in [2.05, 4.69) is 15.5 Å². The summed E-state index contributed by atoms with van der Waals surface area (Å²) in [5, 5.41) is 8.00. The van der Waals surface area contributed by atoms with E-state index in [1.54, 1.807) is 0 Å². The van der Waals surface area contributed by atoms with Gasteiger partial charge in [-0.2, -0.15) is 16.7 Å². The van der Waals surface area contributed by atoms with Gasteiger partial charge < -0.3 is 9.84 Å². The van der Waals surface area contributed by atoms with Gasteiger partial charge in [0.1, 0.15) is 0 Å². The normalized spacial score (nSPS) is 26.2. The predicted octanol–water partition coefficient (Wildman–Crippen LogP) is 2.57. The molecule has 0 radical (unpaired) electrons. The average Bonchev–Trinajstić information content (AvgIpc) is 3.16. The maximum atomic E-state index is 5.41. The van der Waals surface area contributed by atoms with Gasteiger partial charge in [0.2, 0.25) is 5.89 Å². The fourth-order valence-electron chi connectivity index (χ4n) is 2.62. The topological polar surface area (TPSA) is 51.0 Å². The summed E-state index contributed by atoms with van der Waals surface area (Å²) in [6.07, 6.45) is 7.38. The van der Waals surface area contributed by atoms with Crippen LogP contribution in [-0.2, 0) is 6.42 Å². The largest absolute Gasteiger partial charge is 0.339 e. The number of aromatic nitrogens is 2. The molecule has 2 heterocycles. The number of nitrogens with one attached hydrogen (secondary N) is 1. The Balaban J connectivity index is 1.61. The fourth-order valence-corrected chi connectivity index (χ4v) is 3.85. The van der Waals surface area contributed by atoms with Crippen molar-refractivity contribution in [3.63, 3.8) is 0 Å². The third kappa shape index (κ3) is 2.88. The highest BCUT2D eigenvalue weighted by atomic mass is 32.2. The lowest BCUT2D eigenvalue weighted by Gasteiger charge is -2.17. The molecule has 3 rings (SSSR count). The van der Waals surface area contributed by atoms with Crippen molar-refractivity contribution in [2.24, 2.45) is 5.92 Å². The van der Waals surface area contributed by atoms with Gasteiger partial charge in [-0.25, -0.2) is 0 Å². The van der Waals surface area contributed by atoms with Gasteiger partial charge in [0.25, 0.3) is 0 Å². The van der Waals surface area contributed by atoms with Crippen molar-refractivity contribution < 1.29 is 4.52 Å². The smallest absolute Gasteiger partial charge is 0.228 e. The maximum absolute atomic E-state index is 5.41.